The summed E-state index contributed by atoms with van der Waals surface area (Å²) in [5.74, 6) is 0.0830. The molecule has 9 heteroatoms. The number of aromatic nitrogens is 2. The zero-order valence-electron chi connectivity index (χ0n) is 10.9. The van der Waals surface area contributed by atoms with Crippen molar-refractivity contribution in [1.82, 2.24) is 9.97 Å². The maximum atomic E-state index is 10.8. The van der Waals surface area contributed by atoms with Crippen molar-refractivity contribution in [3.63, 3.8) is 0 Å². The van der Waals surface area contributed by atoms with Gasteiger partial charge in [0.25, 0.3) is 5.69 Å². The number of nitrogens with zero attached hydrogens (tertiary/aromatic N) is 3. The molecule has 22 heavy (non-hydrogen) atoms. The van der Waals surface area contributed by atoms with Gasteiger partial charge in [-0.3, -0.25) is 15.4 Å². The fraction of sp³-hybridized carbons (Fsp3) is 0. The van der Waals surface area contributed by atoms with Crippen molar-refractivity contribution in [2.45, 2.75) is 0 Å². The van der Waals surface area contributed by atoms with Crippen LogP contribution in [-0.2, 0) is 0 Å². The molecular formula is C13H8N4O5. The van der Waals surface area contributed by atoms with Crippen LogP contribution >= 0.6 is 0 Å². The lowest BCUT2D eigenvalue weighted by molar-refractivity contribution is -0.384. The number of carboxylic acid groups (broad SMARTS) is 1. The molecule has 3 aromatic rings. The number of hydrogen-bond acceptors (Lipinski definition) is 6. The van der Waals surface area contributed by atoms with Crippen molar-refractivity contribution >= 4 is 28.7 Å². The molecule has 2 N–H and O–H groups in total. The molecule has 1 amide bonds. The van der Waals surface area contributed by atoms with Crippen LogP contribution in [0.25, 0.3) is 22.2 Å². The summed E-state index contributed by atoms with van der Waals surface area (Å²) in [6.45, 7) is 0. The second kappa shape index (κ2) is 5.13. The predicted octanol–water partition coefficient (Wildman–Crippen LogP) is 2.89. The molecule has 0 aliphatic rings. The highest BCUT2D eigenvalue weighted by Crippen LogP contribution is 2.34. The number of rotatable bonds is 3. The van der Waals surface area contributed by atoms with Gasteiger partial charge >= 0.3 is 6.09 Å². The molecule has 0 saturated carbocycles. The van der Waals surface area contributed by atoms with Crippen molar-refractivity contribution in [3.8, 4) is 11.1 Å². The average Bonchev–Trinajstić information content (AvgIpc) is 2.92. The Hall–Kier alpha value is -3.49. The maximum Gasteiger partial charge on any atom is 0.410 e. The van der Waals surface area contributed by atoms with Crippen LogP contribution in [0.3, 0.4) is 0 Å². The van der Waals surface area contributed by atoms with Crippen LogP contribution in [0.1, 0.15) is 0 Å². The zero-order valence-corrected chi connectivity index (χ0v) is 10.9. The van der Waals surface area contributed by atoms with E-state index in [4.69, 9.17) is 9.52 Å². The van der Waals surface area contributed by atoms with E-state index in [1.165, 1.54) is 24.7 Å². The number of non-ortho nitro benzene ring substituents is 1. The second-order valence-corrected chi connectivity index (χ2v) is 4.29. The lowest BCUT2D eigenvalue weighted by atomic mass is 10.1. The number of furan rings is 1. The van der Waals surface area contributed by atoms with Gasteiger partial charge in [0.2, 0.25) is 5.71 Å². The molecule has 0 spiro atoms. The van der Waals surface area contributed by atoms with E-state index in [-0.39, 0.29) is 17.2 Å². The standard InChI is InChI=1S/C13H8N4O5/c18-13(19)16-11-10-9(5-22-12(10)15-6-14-11)7-1-3-8(4-2-7)17(20)21/h1-6H,(H,18,19)(H,14,15,16). The smallest absolute Gasteiger partial charge is 0.410 e. The van der Waals surface area contributed by atoms with Crippen LogP contribution in [-0.4, -0.2) is 26.1 Å². The van der Waals surface area contributed by atoms with Crippen molar-refractivity contribution in [2.24, 2.45) is 0 Å². The third kappa shape index (κ3) is 2.30. The molecule has 0 radical (unpaired) electrons. The van der Waals surface area contributed by atoms with Crippen molar-refractivity contribution in [3.05, 3.63) is 47.0 Å². The van der Waals surface area contributed by atoms with E-state index < -0.39 is 11.0 Å². The SMILES string of the molecule is O=C(O)Nc1ncnc2occ(-c3ccc([N+](=O)[O-])cc3)c12. The summed E-state index contributed by atoms with van der Waals surface area (Å²) >= 11 is 0. The van der Waals surface area contributed by atoms with E-state index in [9.17, 15) is 14.9 Å². The van der Waals surface area contributed by atoms with Gasteiger partial charge in [-0.15, -0.1) is 0 Å². The molecule has 0 atom stereocenters. The summed E-state index contributed by atoms with van der Waals surface area (Å²) in [7, 11) is 0. The van der Waals surface area contributed by atoms with Crippen LogP contribution in [0.2, 0.25) is 0 Å². The van der Waals surface area contributed by atoms with E-state index in [2.05, 4.69) is 15.3 Å². The molecule has 0 aliphatic heterocycles. The Bertz CT molecular complexity index is 872. The summed E-state index contributed by atoms with van der Waals surface area (Å²) in [6.07, 6.45) is 1.31. The topological polar surface area (TPSA) is 131 Å². The Morgan fingerprint density at radius 1 is 1.27 bits per heavy atom. The number of nitro benzene ring substituents is 1. The van der Waals surface area contributed by atoms with Gasteiger partial charge in [-0.25, -0.2) is 14.8 Å². The maximum absolute atomic E-state index is 10.8. The fourth-order valence-corrected chi connectivity index (χ4v) is 2.05. The normalized spacial score (nSPS) is 10.5. The van der Waals surface area contributed by atoms with E-state index in [1.54, 1.807) is 12.1 Å². The summed E-state index contributed by atoms with van der Waals surface area (Å²) in [5, 5.41) is 22.1. The number of hydrogen-bond donors (Lipinski definition) is 2. The van der Waals surface area contributed by atoms with Gasteiger partial charge < -0.3 is 9.52 Å². The number of carbonyl (C=O) groups is 1. The lowest BCUT2D eigenvalue weighted by Crippen LogP contribution is -2.09. The number of fused-ring (bicyclic) bond motifs is 1. The molecule has 0 unspecified atom stereocenters. The summed E-state index contributed by atoms with van der Waals surface area (Å²) in [5.41, 5.74) is 1.32. The molecule has 2 aromatic heterocycles. The van der Waals surface area contributed by atoms with E-state index in [1.807, 2.05) is 0 Å². The predicted molar refractivity (Wildman–Crippen MR) is 75.5 cm³/mol. The Labute approximate surface area is 122 Å². The van der Waals surface area contributed by atoms with Gasteiger partial charge in [0.05, 0.1) is 10.3 Å². The number of nitrogens with one attached hydrogen (secondary N) is 1. The molecule has 3 rings (SSSR count). The molecular weight excluding hydrogens is 292 g/mol. The first-order valence-electron chi connectivity index (χ1n) is 6.03. The highest BCUT2D eigenvalue weighted by molar-refractivity contribution is 6.03. The van der Waals surface area contributed by atoms with Crippen LogP contribution in [0.15, 0.2) is 41.3 Å². The van der Waals surface area contributed by atoms with Gasteiger partial charge in [0.1, 0.15) is 12.6 Å². The summed E-state index contributed by atoms with van der Waals surface area (Å²) in [4.78, 5) is 28.8. The third-order valence-corrected chi connectivity index (χ3v) is 2.98. The molecule has 1 aromatic carbocycles. The van der Waals surface area contributed by atoms with Crippen molar-refractivity contribution in [2.75, 3.05) is 5.32 Å². The first kappa shape index (κ1) is 13.5. The van der Waals surface area contributed by atoms with Gasteiger partial charge in [-0.2, -0.15) is 0 Å². The number of anilines is 1. The van der Waals surface area contributed by atoms with Crippen LogP contribution in [0.4, 0.5) is 16.3 Å². The molecule has 110 valence electrons. The highest BCUT2D eigenvalue weighted by Gasteiger charge is 2.16. The quantitative estimate of drug-likeness (QED) is 0.561. The minimum absolute atomic E-state index is 0.0447. The van der Waals surface area contributed by atoms with Gasteiger partial charge in [-0.1, -0.05) is 0 Å². The minimum Gasteiger partial charge on any atom is -0.465 e. The second-order valence-electron chi connectivity index (χ2n) is 4.29. The monoisotopic (exact) mass is 300 g/mol. The van der Waals surface area contributed by atoms with Crippen LogP contribution in [0, 0.1) is 10.1 Å². The lowest BCUT2D eigenvalue weighted by Gasteiger charge is -2.03. The van der Waals surface area contributed by atoms with Crippen molar-refractivity contribution in [1.29, 1.82) is 0 Å². The Kier molecular flexibility index (Phi) is 3.14. The van der Waals surface area contributed by atoms with E-state index in [0.717, 1.165) is 0 Å². The molecule has 0 fully saturated rings. The van der Waals surface area contributed by atoms with E-state index in [0.29, 0.717) is 16.5 Å². The van der Waals surface area contributed by atoms with Crippen LogP contribution < -0.4 is 5.32 Å². The molecule has 9 nitrogen and oxygen atoms in total. The first-order chi connectivity index (χ1) is 10.6. The molecule has 2 heterocycles. The summed E-state index contributed by atoms with van der Waals surface area (Å²) < 4.78 is 5.29. The Morgan fingerprint density at radius 3 is 2.64 bits per heavy atom. The Balaban J connectivity index is 2.14. The van der Waals surface area contributed by atoms with Gasteiger partial charge in [0.15, 0.2) is 5.82 Å². The third-order valence-electron chi connectivity index (χ3n) is 2.98. The van der Waals surface area contributed by atoms with Gasteiger partial charge in [0, 0.05) is 17.7 Å². The minimum atomic E-state index is -1.27. The number of benzene rings is 1. The fourth-order valence-electron chi connectivity index (χ4n) is 2.05. The van der Waals surface area contributed by atoms with Crippen LogP contribution in [0.5, 0.6) is 0 Å². The van der Waals surface area contributed by atoms with Crippen molar-refractivity contribution < 1.29 is 19.2 Å². The average molecular weight is 300 g/mol. The number of nitro groups is 1. The largest absolute Gasteiger partial charge is 0.465 e. The summed E-state index contributed by atoms with van der Waals surface area (Å²) in [6, 6.07) is 5.78. The highest BCUT2D eigenvalue weighted by atomic mass is 16.6. The number of amides is 1. The first-order valence-corrected chi connectivity index (χ1v) is 6.03. The molecule has 0 bridgehead atoms. The Morgan fingerprint density at radius 2 is 2.00 bits per heavy atom. The van der Waals surface area contributed by atoms with Gasteiger partial charge in [-0.05, 0) is 17.7 Å². The van der Waals surface area contributed by atoms with E-state index >= 15 is 0 Å². The zero-order chi connectivity index (χ0) is 15.7. The molecule has 0 aliphatic carbocycles. The molecule has 0 saturated heterocycles.